The smallest absolute Gasteiger partial charge is 0.338 e. The molecule has 0 spiro atoms. The molecule has 2 aromatic rings. The van der Waals surface area contributed by atoms with Crippen LogP contribution in [0.4, 0.5) is 0 Å². The lowest BCUT2D eigenvalue weighted by molar-refractivity contribution is -0.137. The van der Waals surface area contributed by atoms with Crippen molar-refractivity contribution in [2.45, 2.75) is 26.3 Å². The molecule has 1 amide bonds. The maximum atomic E-state index is 12.7. The van der Waals surface area contributed by atoms with Crippen LogP contribution in [-0.2, 0) is 19.4 Å². The third-order valence-electron chi connectivity index (χ3n) is 4.86. The van der Waals surface area contributed by atoms with Gasteiger partial charge in [-0.1, -0.05) is 13.8 Å². The molecule has 7 nitrogen and oxygen atoms in total. The van der Waals surface area contributed by atoms with Gasteiger partial charge in [0.2, 0.25) is 0 Å². The van der Waals surface area contributed by atoms with Crippen molar-refractivity contribution in [2.75, 3.05) is 24.7 Å². The Morgan fingerprint density at radius 2 is 1.83 bits per heavy atom. The fourth-order valence-corrected chi connectivity index (χ4v) is 5.17. The van der Waals surface area contributed by atoms with Crippen molar-refractivity contribution >= 4 is 21.7 Å². The standard InChI is InChI=1S/C21H26N2O5S/c1-16(2)13-23(19-9-12-29(26,27)15-19)20(24)14-28-21(25)17-5-7-18(8-6-17)22-10-3-4-11-22/h3-8,10-11,16,19H,9,12-15H2,1-2H3. The maximum absolute atomic E-state index is 12.7. The van der Waals surface area contributed by atoms with Gasteiger partial charge < -0.3 is 14.2 Å². The van der Waals surface area contributed by atoms with Gasteiger partial charge in [-0.2, -0.15) is 0 Å². The minimum atomic E-state index is -3.11. The third kappa shape index (κ3) is 5.47. The van der Waals surface area contributed by atoms with Crippen LogP contribution in [0.3, 0.4) is 0 Å². The molecule has 1 aromatic heterocycles. The summed E-state index contributed by atoms with van der Waals surface area (Å²) in [6, 6.07) is 10.4. The minimum Gasteiger partial charge on any atom is -0.452 e. The lowest BCUT2D eigenvalue weighted by Gasteiger charge is -2.29. The second kappa shape index (κ2) is 8.82. The highest BCUT2D eigenvalue weighted by Crippen LogP contribution is 2.19. The monoisotopic (exact) mass is 418 g/mol. The van der Waals surface area contributed by atoms with Crippen LogP contribution in [0.2, 0.25) is 0 Å². The van der Waals surface area contributed by atoms with Crippen molar-refractivity contribution in [3.8, 4) is 5.69 Å². The van der Waals surface area contributed by atoms with Crippen LogP contribution >= 0.6 is 0 Å². The van der Waals surface area contributed by atoms with Gasteiger partial charge in [0.25, 0.3) is 5.91 Å². The van der Waals surface area contributed by atoms with E-state index in [1.54, 1.807) is 29.2 Å². The summed E-state index contributed by atoms with van der Waals surface area (Å²) in [4.78, 5) is 26.5. The zero-order valence-electron chi connectivity index (χ0n) is 16.7. The first kappa shape index (κ1) is 21.1. The molecule has 8 heteroatoms. The second-order valence-corrected chi connectivity index (χ2v) is 9.94. The number of aromatic nitrogens is 1. The Balaban J connectivity index is 1.60. The molecule has 0 bridgehead atoms. The Hall–Kier alpha value is -2.61. The highest BCUT2D eigenvalue weighted by Gasteiger charge is 2.35. The molecule has 1 fully saturated rings. The molecule has 0 aliphatic carbocycles. The molecule has 0 radical (unpaired) electrons. The summed E-state index contributed by atoms with van der Waals surface area (Å²) in [5, 5.41) is 0. The van der Waals surface area contributed by atoms with E-state index in [1.807, 2.05) is 42.9 Å². The van der Waals surface area contributed by atoms with Gasteiger partial charge in [-0.15, -0.1) is 0 Å². The zero-order chi connectivity index (χ0) is 21.0. The SMILES string of the molecule is CC(C)CN(C(=O)COC(=O)c1ccc(-n2cccc2)cc1)C1CCS(=O)(=O)C1. The first-order chi connectivity index (χ1) is 13.7. The van der Waals surface area contributed by atoms with Crippen molar-refractivity contribution in [2.24, 2.45) is 5.92 Å². The largest absolute Gasteiger partial charge is 0.452 e. The number of esters is 1. The molecular formula is C21H26N2O5S. The second-order valence-electron chi connectivity index (χ2n) is 7.71. The van der Waals surface area contributed by atoms with Gasteiger partial charge in [0.15, 0.2) is 16.4 Å². The van der Waals surface area contributed by atoms with Crippen LogP contribution < -0.4 is 0 Å². The molecule has 2 heterocycles. The summed E-state index contributed by atoms with van der Waals surface area (Å²) in [7, 11) is -3.11. The molecule has 1 saturated heterocycles. The number of nitrogens with zero attached hydrogens (tertiary/aromatic N) is 2. The van der Waals surface area contributed by atoms with E-state index in [1.165, 1.54) is 0 Å². The molecule has 29 heavy (non-hydrogen) atoms. The summed E-state index contributed by atoms with van der Waals surface area (Å²) >= 11 is 0. The van der Waals surface area contributed by atoms with Gasteiger partial charge in [0.1, 0.15) is 0 Å². The average molecular weight is 419 g/mol. The Morgan fingerprint density at radius 3 is 2.38 bits per heavy atom. The van der Waals surface area contributed by atoms with E-state index in [0.29, 0.717) is 18.5 Å². The van der Waals surface area contributed by atoms with E-state index >= 15 is 0 Å². The Bertz CT molecular complexity index is 949. The van der Waals surface area contributed by atoms with E-state index in [4.69, 9.17) is 4.74 Å². The fourth-order valence-electron chi connectivity index (χ4n) is 3.44. The number of sulfone groups is 1. The number of amides is 1. The van der Waals surface area contributed by atoms with Gasteiger partial charge in [0.05, 0.1) is 17.1 Å². The quantitative estimate of drug-likeness (QED) is 0.644. The number of rotatable bonds is 7. The zero-order valence-corrected chi connectivity index (χ0v) is 17.5. The maximum Gasteiger partial charge on any atom is 0.338 e. The van der Waals surface area contributed by atoms with Crippen molar-refractivity contribution in [3.05, 3.63) is 54.4 Å². The number of ether oxygens (including phenoxy) is 1. The minimum absolute atomic E-state index is 0.0275. The predicted octanol–water partition coefficient (Wildman–Crippen LogP) is 2.31. The summed E-state index contributed by atoms with van der Waals surface area (Å²) in [6.45, 7) is 3.95. The number of carbonyl (C=O) groups is 2. The fraction of sp³-hybridized carbons (Fsp3) is 0.429. The topological polar surface area (TPSA) is 85.7 Å². The van der Waals surface area contributed by atoms with Crippen molar-refractivity contribution < 1.29 is 22.7 Å². The van der Waals surface area contributed by atoms with Gasteiger partial charge in [-0.3, -0.25) is 4.79 Å². The van der Waals surface area contributed by atoms with E-state index in [9.17, 15) is 18.0 Å². The molecule has 1 aromatic carbocycles. The molecule has 1 aliphatic heterocycles. The third-order valence-corrected chi connectivity index (χ3v) is 6.61. The van der Waals surface area contributed by atoms with Crippen LogP contribution in [0.5, 0.6) is 0 Å². The summed E-state index contributed by atoms with van der Waals surface area (Å²) in [5.74, 6) is -0.703. The molecule has 1 unspecified atom stereocenters. The van der Waals surface area contributed by atoms with Crippen molar-refractivity contribution in [3.63, 3.8) is 0 Å². The van der Waals surface area contributed by atoms with Crippen LogP contribution in [-0.4, -0.2) is 60.5 Å². The van der Waals surface area contributed by atoms with Crippen molar-refractivity contribution in [1.82, 2.24) is 9.47 Å². The lowest BCUT2D eigenvalue weighted by Crippen LogP contribution is -2.45. The number of hydrogen-bond donors (Lipinski definition) is 0. The summed E-state index contributed by atoms with van der Waals surface area (Å²) < 4.78 is 30.7. The van der Waals surface area contributed by atoms with E-state index in [-0.39, 0.29) is 29.4 Å². The van der Waals surface area contributed by atoms with E-state index in [2.05, 4.69) is 0 Å². The van der Waals surface area contributed by atoms with Gasteiger partial charge in [0, 0.05) is 30.7 Å². The van der Waals surface area contributed by atoms with Gasteiger partial charge in [-0.05, 0) is 48.7 Å². The lowest BCUT2D eigenvalue weighted by atomic mass is 10.1. The first-order valence-corrected chi connectivity index (χ1v) is 11.5. The predicted molar refractivity (Wildman–Crippen MR) is 110 cm³/mol. The molecular weight excluding hydrogens is 392 g/mol. The molecule has 1 aliphatic rings. The molecule has 156 valence electrons. The van der Waals surface area contributed by atoms with Crippen LogP contribution in [0, 0.1) is 5.92 Å². The van der Waals surface area contributed by atoms with Crippen LogP contribution in [0.25, 0.3) is 5.69 Å². The Labute approximate surface area is 171 Å². The highest BCUT2D eigenvalue weighted by molar-refractivity contribution is 7.91. The normalized spacial score (nSPS) is 18.0. The first-order valence-electron chi connectivity index (χ1n) is 9.65. The average Bonchev–Trinajstić information content (AvgIpc) is 3.33. The molecule has 1 atom stereocenters. The number of hydrogen-bond acceptors (Lipinski definition) is 5. The highest BCUT2D eigenvalue weighted by atomic mass is 32.2. The summed E-state index contributed by atoms with van der Waals surface area (Å²) in [6.07, 6.45) is 4.23. The Kier molecular flexibility index (Phi) is 6.42. The molecule has 3 rings (SSSR count). The van der Waals surface area contributed by atoms with Crippen LogP contribution in [0.1, 0.15) is 30.6 Å². The van der Waals surface area contributed by atoms with E-state index < -0.39 is 22.4 Å². The number of benzene rings is 1. The molecule has 0 N–H and O–H groups in total. The Morgan fingerprint density at radius 1 is 1.17 bits per heavy atom. The van der Waals surface area contributed by atoms with Crippen LogP contribution in [0.15, 0.2) is 48.8 Å². The van der Waals surface area contributed by atoms with Gasteiger partial charge >= 0.3 is 5.97 Å². The van der Waals surface area contributed by atoms with E-state index in [0.717, 1.165) is 5.69 Å². The molecule has 0 saturated carbocycles. The van der Waals surface area contributed by atoms with Gasteiger partial charge in [-0.25, -0.2) is 13.2 Å². The number of carbonyl (C=O) groups excluding carboxylic acids is 2. The summed E-state index contributed by atoms with van der Waals surface area (Å²) in [5.41, 5.74) is 1.26. The van der Waals surface area contributed by atoms with Crippen molar-refractivity contribution in [1.29, 1.82) is 0 Å².